The minimum atomic E-state index is 0.512. The summed E-state index contributed by atoms with van der Waals surface area (Å²) < 4.78 is 0. The highest BCUT2D eigenvalue weighted by Gasteiger charge is 2.27. The van der Waals surface area contributed by atoms with Gasteiger partial charge in [-0.1, -0.05) is 23.8 Å². The van der Waals surface area contributed by atoms with Crippen molar-refractivity contribution in [3.8, 4) is 0 Å². The van der Waals surface area contributed by atoms with E-state index in [2.05, 4.69) is 53.6 Å². The molecule has 17 heavy (non-hydrogen) atoms. The zero-order chi connectivity index (χ0) is 11.7. The maximum atomic E-state index is 2.51. The SMILES string of the molecule is Cc1ccc(N2CCS[C@H]2c2cccs2)cc1. The Morgan fingerprint density at radius 1 is 1.18 bits per heavy atom. The highest BCUT2D eigenvalue weighted by Crippen LogP contribution is 2.42. The first-order valence-corrected chi connectivity index (χ1v) is 7.76. The summed E-state index contributed by atoms with van der Waals surface area (Å²) in [5.74, 6) is 1.22. The molecule has 1 aromatic heterocycles. The van der Waals surface area contributed by atoms with Crippen LogP contribution >= 0.6 is 23.1 Å². The monoisotopic (exact) mass is 261 g/mol. The van der Waals surface area contributed by atoms with E-state index >= 15 is 0 Å². The van der Waals surface area contributed by atoms with E-state index in [0.29, 0.717) is 5.37 Å². The third-order valence-electron chi connectivity index (χ3n) is 3.04. The molecule has 1 nitrogen and oxygen atoms in total. The minimum Gasteiger partial charge on any atom is -0.354 e. The van der Waals surface area contributed by atoms with Crippen molar-refractivity contribution < 1.29 is 0 Å². The lowest BCUT2D eigenvalue weighted by molar-refractivity contribution is 0.870. The van der Waals surface area contributed by atoms with Crippen molar-refractivity contribution in [2.75, 3.05) is 17.2 Å². The van der Waals surface area contributed by atoms with Gasteiger partial charge in [0.05, 0.1) is 0 Å². The van der Waals surface area contributed by atoms with Crippen LogP contribution in [0.1, 0.15) is 15.8 Å². The van der Waals surface area contributed by atoms with Gasteiger partial charge in [0.15, 0.2) is 0 Å². The summed E-state index contributed by atoms with van der Waals surface area (Å²) in [6, 6.07) is 13.3. The van der Waals surface area contributed by atoms with Crippen LogP contribution in [-0.4, -0.2) is 12.3 Å². The summed E-state index contributed by atoms with van der Waals surface area (Å²) >= 11 is 3.90. The Hall–Kier alpha value is -0.930. The van der Waals surface area contributed by atoms with Crippen molar-refractivity contribution in [2.45, 2.75) is 12.3 Å². The van der Waals surface area contributed by atoms with Gasteiger partial charge in [0, 0.05) is 22.9 Å². The van der Waals surface area contributed by atoms with E-state index in [1.54, 1.807) is 0 Å². The van der Waals surface area contributed by atoms with Crippen LogP contribution in [0.25, 0.3) is 0 Å². The van der Waals surface area contributed by atoms with Crippen LogP contribution in [0.2, 0.25) is 0 Å². The molecular weight excluding hydrogens is 246 g/mol. The van der Waals surface area contributed by atoms with E-state index in [0.717, 1.165) is 6.54 Å². The molecule has 1 aromatic carbocycles. The fourth-order valence-corrected chi connectivity index (χ4v) is 4.40. The highest BCUT2D eigenvalue weighted by molar-refractivity contribution is 8.00. The van der Waals surface area contributed by atoms with Gasteiger partial charge in [0.25, 0.3) is 0 Å². The zero-order valence-electron chi connectivity index (χ0n) is 9.80. The van der Waals surface area contributed by atoms with E-state index in [1.807, 2.05) is 23.1 Å². The summed E-state index contributed by atoms with van der Waals surface area (Å²) in [7, 11) is 0. The van der Waals surface area contributed by atoms with Gasteiger partial charge >= 0.3 is 0 Å². The number of nitrogens with zero attached hydrogens (tertiary/aromatic N) is 1. The fourth-order valence-electron chi connectivity index (χ4n) is 2.14. The van der Waals surface area contributed by atoms with Gasteiger partial charge in [-0.2, -0.15) is 0 Å². The smallest absolute Gasteiger partial charge is 0.110 e. The summed E-state index contributed by atoms with van der Waals surface area (Å²) in [5.41, 5.74) is 2.67. The van der Waals surface area contributed by atoms with Gasteiger partial charge in [-0.25, -0.2) is 0 Å². The predicted molar refractivity (Wildman–Crippen MR) is 78.0 cm³/mol. The normalized spacial score (nSPS) is 19.8. The molecule has 0 spiro atoms. The zero-order valence-corrected chi connectivity index (χ0v) is 11.4. The number of aryl methyl sites for hydroxylation is 1. The van der Waals surface area contributed by atoms with Gasteiger partial charge in [0.1, 0.15) is 5.37 Å². The Kier molecular flexibility index (Phi) is 3.12. The van der Waals surface area contributed by atoms with Crippen molar-refractivity contribution in [2.24, 2.45) is 0 Å². The van der Waals surface area contributed by atoms with Crippen LogP contribution in [-0.2, 0) is 0 Å². The Balaban J connectivity index is 1.89. The second-order valence-electron chi connectivity index (χ2n) is 4.27. The second-order valence-corrected chi connectivity index (χ2v) is 6.43. The largest absolute Gasteiger partial charge is 0.354 e. The number of benzene rings is 1. The second kappa shape index (κ2) is 4.75. The summed E-state index contributed by atoms with van der Waals surface area (Å²) in [4.78, 5) is 3.98. The van der Waals surface area contributed by atoms with Crippen LogP contribution in [0.15, 0.2) is 41.8 Å². The van der Waals surface area contributed by atoms with Crippen molar-refractivity contribution in [1.82, 2.24) is 0 Å². The standard InChI is InChI=1S/C14H15NS2/c1-11-4-6-12(7-5-11)15-8-10-17-14(15)13-3-2-9-16-13/h2-7,9,14H,8,10H2,1H3/t14-/m0/s1. The molecule has 0 amide bonds. The van der Waals surface area contributed by atoms with Crippen LogP contribution in [0.4, 0.5) is 5.69 Å². The molecule has 3 heteroatoms. The first kappa shape index (κ1) is 11.2. The molecule has 2 aromatic rings. The van der Waals surface area contributed by atoms with E-state index in [4.69, 9.17) is 0 Å². The number of rotatable bonds is 2. The number of hydrogen-bond donors (Lipinski definition) is 0. The van der Waals surface area contributed by atoms with Gasteiger partial charge in [-0.15, -0.1) is 23.1 Å². The average molecular weight is 261 g/mol. The van der Waals surface area contributed by atoms with Crippen molar-refractivity contribution in [3.63, 3.8) is 0 Å². The number of thioether (sulfide) groups is 1. The van der Waals surface area contributed by atoms with E-state index in [9.17, 15) is 0 Å². The predicted octanol–water partition coefficient (Wildman–Crippen LogP) is 4.31. The third kappa shape index (κ3) is 2.22. The van der Waals surface area contributed by atoms with Crippen molar-refractivity contribution >= 4 is 28.8 Å². The van der Waals surface area contributed by atoms with E-state index < -0.39 is 0 Å². The molecule has 1 atom stereocenters. The van der Waals surface area contributed by atoms with Gasteiger partial charge in [0.2, 0.25) is 0 Å². The molecule has 88 valence electrons. The van der Waals surface area contributed by atoms with E-state index in [1.165, 1.54) is 21.9 Å². The molecular formula is C14H15NS2. The first-order valence-electron chi connectivity index (χ1n) is 5.83. The molecule has 1 saturated heterocycles. The molecule has 2 heterocycles. The van der Waals surface area contributed by atoms with Gasteiger partial charge in [-0.05, 0) is 30.5 Å². The number of thiophene rings is 1. The Bertz CT molecular complexity index is 475. The fraction of sp³-hybridized carbons (Fsp3) is 0.286. The molecule has 0 radical (unpaired) electrons. The molecule has 1 aliphatic heterocycles. The van der Waals surface area contributed by atoms with Crippen LogP contribution in [0.3, 0.4) is 0 Å². The lowest BCUT2D eigenvalue weighted by Gasteiger charge is -2.25. The molecule has 0 N–H and O–H groups in total. The summed E-state index contributed by atoms with van der Waals surface area (Å²) in [6.07, 6.45) is 0. The summed E-state index contributed by atoms with van der Waals surface area (Å²) in [5, 5.41) is 2.68. The molecule has 1 aliphatic rings. The molecule has 3 rings (SSSR count). The van der Waals surface area contributed by atoms with E-state index in [-0.39, 0.29) is 0 Å². The lowest BCUT2D eigenvalue weighted by Crippen LogP contribution is -2.21. The quantitative estimate of drug-likeness (QED) is 0.792. The van der Waals surface area contributed by atoms with Crippen molar-refractivity contribution in [3.05, 3.63) is 52.2 Å². The van der Waals surface area contributed by atoms with Crippen LogP contribution in [0, 0.1) is 6.92 Å². The maximum absolute atomic E-state index is 2.51. The average Bonchev–Trinajstić information content (AvgIpc) is 3.00. The van der Waals surface area contributed by atoms with Crippen LogP contribution < -0.4 is 4.90 Å². The Labute approximate surface area is 110 Å². The Morgan fingerprint density at radius 2 is 2.00 bits per heavy atom. The third-order valence-corrected chi connectivity index (χ3v) is 5.36. The number of hydrogen-bond acceptors (Lipinski definition) is 3. The molecule has 0 unspecified atom stereocenters. The molecule has 0 aliphatic carbocycles. The van der Waals surface area contributed by atoms with Gasteiger partial charge < -0.3 is 4.90 Å². The highest BCUT2D eigenvalue weighted by atomic mass is 32.2. The van der Waals surface area contributed by atoms with Gasteiger partial charge in [-0.3, -0.25) is 0 Å². The Morgan fingerprint density at radius 3 is 2.71 bits per heavy atom. The maximum Gasteiger partial charge on any atom is 0.110 e. The molecule has 0 bridgehead atoms. The first-order chi connectivity index (χ1) is 8.34. The topological polar surface area (TPSA) is 3.24 Å². The molecule has 1 fully saturated rings. The summed E-state index contributed by atoms with van der Waals surface area (Å²) in [6.45, 7) is 3.29. The lowest BCUT2D eigenvalue weighted by atomic mass is 10.2. The number of anilines is 1. The van der Waals surface area contributed by atoms with Crippen LogP contribution in [0.5, 0.6) is 0 Å². The van der Waals surface area contributed by atoms with Crippen molar-refractivity contribution in [1.29, 1.82) is 0 Å². The minimum absolute atomic E-state index is 0.512. The molecule has 0 saturated carbocycles.